The molecular weight excluding hydrogens is 1650 g/mol. The van der Waals surface area contributed by atoms with Gasteiger partial charge in [0.05, 0.1) is 117 Å². The van der Waals surface area contributed by atoms with E-state index in [9.17, 15) is 125 Å². The van der Waals surface area contributed by atoms with E-state index in [0.717, 1.165) is 48.5 Å². The van der Waals surface area contributed by atoms with Gasteiger partial charge in [-0.15, -0.1) is 0 Å². The van der Waals surface area contributed by atoms with E-state index < -0.39 is 163 Å². The number of nitrogens with zero attached hydrogens (tertiary/aromatic N) is 4. The van der Waals surface area contributed by atoms with Crippen molar-refractivity contribution in [1.82, 2.24) is 9.35 Å². The van der Waals surface area contributed by atoms with Crippen LogP contribution in [0, 0.1) is 0 Å². The van der Waals surface area contributed by atoms with Crippen molar-refractivity contribution in [3.63, 3.8) is 0 Å². The molecule has 0 fully saturated rings. The minimum Gasteiger partial charge on any atom is -0.423 e. The Morgan fingerprint density at radius 3 is 0.847 bits per heavy atom. The van der Waals surface area contributed by atoms with Gasteiger partial charge in [0, 0.05) is 22.3 Å². The number of allylic oxidation sites excluding steroid dienone is 4. The maximum Gasteiger partial charge on any atom is 0.416 e. The lowest BCUT2D eigenvalue weighted by atomic mass is 9.99. The van der Waals surface area contributed by atoms with Crippen LogP contribution in [0.4, 0.5) is 105 Å². The van der Waals surface area contributed by atoms with Crippen molar-refractivity contribution >= 4 is 69.2 Å². The molecule has 2 aromatic heterocycles. The number of esters is 4. The molecule has 38 heteroatoms. The van der Waals surface area contributed by atoms with E-state index in [-0.39, 0.29) is 167 Å². The van der Waals surface area contributed by atoms with Crippen LogP contribution in [0.15, 0.2) is 239 Å². The number of fused-ring (bicyclic) bond motifs is 2. The minimum atomic E-state index is -5.38. The zero-order chi connectivity index (χ0) is 85.2. The first-order valence-corrected chi connectivity index (χ1v) is 33.6. The predicted molar refractivity (Wildman–Crippen MR) is 369 cm³/mol. The van der Waals surface area contributed by atoms with Crippen molar-refractivity contribution in [1.29, 1.82) is 0 Å². The van der Waals surface area contributed by atoms with E-state index >= 15 is 0 Å². The molecule has 0 saturated heterocycles. The van der Waals surface area contributed by atoms with Crippen LogP contribution in [0.2, 0.25) is 0 Å². The van der Waals surface area contributed by atoms with E-state index in [2.05, 4.69) is 5.53 Å². The van der Waals surface area contributed by atoms with Gasteiger partial charge < -0.3 is 18.9 Å². The lowest BCUT2D eigenvalue weighted by molar-refractivity contribution is -0.144. The molecule has 604 valence electrons. The van der Waals surface area contributed by atoms with Crippen LogP contribution in [0.5, 0.6) is 23.0 Å². The number of rotatable bonds is 12. The summed E-state index contributed by atoms with van der Waals surface area (Å²) in [5, 5.41) is -0.157. The Hall–Kier alpha value is -13.4. The van der Waals surface area contributed by atoms with E-state index in [1.807, 2.05) is 0 Å². The summed E-state index contributed by atoms with van der Waals surface area (Å²) in [6, 6.07) is 24.5. The monoisotopic (exact) mass is 1690 g/mol. The van der Waals surface area contributed by atoms with Crippen molar-refractivity contribution in [2.75, 3.05) is 5.53 Å². The topological polar surface area (TPSA) is 152 Å². The fraction of sp³-hybridized carbons (Fsp3) is 0.100. The summed E-state index contributed by atoms with van der Waals surface area (Å²) in [6.45, 7) is 0. The number of aliphatic imine (C=N–C) groups is 2. The number of aromatic nitrogens is 2. The van der Waals surface area contributed by atoms with Crippen molar-refractivity contribution in [2.45, 2.75) is 49.4 Å². The molecule has 1 N–H and O–H groups in total. The van der Waals surface area contributed by atoms with Crippen LogP contribution in [0.3, 0.4) is 0 Å². The van der Waals surface area contributed by atoms with E-state index in [4.69, 9.17) is 40.5 Å². The minimum absolute atomic E-state index is 0.00208. The van der Waals surface area contributed by atoms with Crippen LogP contribution in [-0.4, -0.2) is 44.7 Å². The third-order valence-electron chi connectivity index (χ3n) is 18.1. The number of benzene rings is 8. The van der Waals surface area contributed by atoms with Crippen LogP contribution in [0.1, 0.15) is 120 Å². The SMILES string of the molecule is O=C(Oc1cc(C(F)(F)F)cc(C(F)(F)F)c1)c1ccc(C2=C3C=CC(=N3)C(c3ccc(C(=O)Oc4cc(C(F)(F)F)cc(C(F)(F)F)c4)cc3)=c3ccc4n3Nn3c2ccc3C(c2ccc(C(=O)Oc3cc(C(F)(F)F)cc(C(F)(F)F)c3)cc2)=C2N=C(C=C2Cl)C=4c2ccc(C(=O)Oc3cc(C(F)(F)F)cc(C(F)(F)F)c3)cc2)cc1. The second-order valence-corrected chi connectivity index (χ2v) is 26.3. The first-order valence-electron chi connectivity index (χ1n) is 33.2. The molecule has 0 unspecified atom stereocenters. The van der Waals surface area contributed by atoms with Crippen molar-refractivity contribution in [2.24, 2.45) is 9.98 Å². The zero-order valence-electron chi connectivity index (χ0n) is 57.7. The Balaban J connectivity index is 0.967. The summed E-state index contributed by atoms with van der Waals surface area (Å²) in [7, 11) is 0. The van der Waals surface area contributed by atoms with Gasteiger partial charge in [-0.1, -0.05) is 60.1 Å². The molecule has 13 nitrogen and oxygen atoms in total. The Bertz CT molecular complexity index is 6080. The molecule has 14 rings (SSSR count). The number of halogens is 25. The molecule has 0 saturated carbocycles. The number of hydrogen-bond acceptors (Lipinski definition) is 11. The Morgan fingerprint density at radius 1 is 0.297 bits per heavy atom. The maximum atomic E-state index is 14.0. The average molecular weight is 1690 g/mol. The molecule has 0 radical (unpaired) electrons. The van der Waals surface area contributed by atoms with Gasteiger partial charge in [0.2, 0.25) is 0 Å². The van der Waals surface area contributed by atoms with Gasteiger partial charge in [-0.05, 0) is 186 Å². The summed E-state index contributed by atoms with van der Waals surface area (Å²) >= 11 is 7.31. The van der Waals surface area contributed by atoms with Gasteiger partial charge in [0.1, 0.15) is 23.0 Å². The van der Waals surface area contributed by atoms with E-state index in [1.165, 1.54) is 100 Å². The molecule has 0 aliphatic carbocycles. The molecule has 4 aliphatic heterocycles. The summed E-state index contributed by atoms with van der Waals surface area (Å²) in [4.78, 5) is 65.3. The van der Waals surface area contributed by atoms with Crippen LogP contribution in [-0.2, 0) is 49.4 Å². The number of carbonyl (C=O) groups excluding carboxylic acids is 4. The Morgan fingerprint density at radius 2 is 0.559 bits per heavy atom. The highest BCUT2D eigenvalue weighted by Gasteiger charge is 2.43. The molecule has 0 amide bonds. The van der Waals surface area contributed by atoms with E-state index in [0.29, 0.717) is 0 Å². The van der Waals surface area contributed by atoms with Crippen LogP contribution < -0.4 is 35.2 Å². The molecule has 10 aromatic rings. The third-order valence-corrected chi connectivity index (χ3v) is 18.4. The van der Waals surface area contributed by atoms with Gasteiger partial charge >= 0.3 is 73.3 Å². The number of alkyl halides is 24. The normalized spacial score (nSPS) is 14.5. The third kappa shape index (κ3) is 16.5. The van der Waals surface area contributed by atoms with Crippen LogP contribution >= 0.6 is 11.6 Å². The number of ether oxygens (including phenoxy) is 4. The summed E-state index contributed by atoms with van der Waals surface area (Å²) in [5.74, 6) is -10.6. The largest absolute Gasteiger partial charge is 0.423 e. The van der Waals surface area contributed by atoms with Gasteiger partial charge in [0.25, 0.3) is 0 Å². The maximum absolute atomic E-state index is 14.0. The fourth-order valence-corrected chi connectivity index (χ4v) is 12.9. The highest BCUT2D eigenvalue weighted by Crippen LogP contribution is 2.47. The number of carbonyl (C=O) groups is 4. The predicted octanol–water partition coefficient (Wildman–Crippen LogP) is 20.9. The van der Waals surface area contributed by atoms with Crippen LogP contribution in [0.25, 0.3) is 22.3 Å². The summed E-state index contributed by atoms with van der Waals surface area (Å²) in [5.41, 5.74) is -13.2. The molecule has 6 heterocycles. The van der Waals surface area contributed by atoms with Crippen molar-refractivity contribution in [3.05, 3.63) is 340 Å². The Kier molecular flexibility index (Phi) is 20.0. The lowest BCUT2D eigenvalue weighted by Crippen LogP contribution is -2.42. The summed E-state index contributed by atoms with van der Waals surface area (Å²) < 4.78 is 358. The molecule has 6 bridgehead atoms. The molecule has 0 atom stereocenters. The lowest BCUT2D eigenvalue weighted by Gasteiger charge is -2.24. The average Bonchev–Trinajstić information content (AvgIpc) is 1.57. The number of hydrogen-bond donors (Lipinski definition) is 1. The van der Waals surface area contributed by atoms with Crippen molar-refractivity contribution in [3.8, 4) is 23.0 Å². The fourth-order valence-electron chi connectivity index (χ4n) is 12.7. The first kappa shape index (κ1) is 81.2. The number of nitrogens with one attached hydrogen (secondary N) is 1. The van der Waals surface area contributed by atoms with Gasteiger partial charge in [-0.3, -0.25) is 0 Å². The highest BCUT2D eigenvalue weighted by molar-refractivity contribution is 6.41. The molecule has 118 heavy (non-hydrogen) atoms. The van der Waals surface area contributed by atoms with Gasteiger partial charge in [-0.2, -0.15) is 105 Å². The van der Waals surface area contributed by atoms with Gasteiger partial charge in [-0.25, -0.2) is 44.0 Å². The second-order valence-electron chi connectivity index (χ2n) is 25.9. The van der Waals surface area contributed by atoms with Gasteiger partial charge in [0.15, 0.2) is 0 Å². The van der Waals surface area contributed by atoms with E-state index in [1.54, 1.807) is 0 Å². The quantitative estimate of drug-likeness (QED) is 0.0716. The standard InChI is InChI=1S/C80H36ClF24N5O8/c81-56-35-59-66(38-5-13-42(14-6-38)71(113)117-54-31-48(77(94,95)96)25-49(32-54)78(97,98)99)62-20-19-60-64(36-1-9-40(10-2-36)69(111)115-52-27-44(73(82,83)84)23-45(28-52)74(85,86)87)57-17-18-58(106-57)65(37-3-11-41(12-4-37)70(112)116-53-29-46(75(88,89)90)24-47(30-53)76(91,92)93)61-21-22-63(110(61)108-109(60)62)67(68(56)107-59)39-7-15-43(16-8-39)72(114)118-55-33-50(79(100,101)102)26-51(34-55)80(103,104)105/h1-35,108H. The molecule has 0 spiro atoms. The second kappa shape index (κ2) is 29.1. The molecule has 4 aliphatic rings. The Labute approximate surface area is 647 Å². The smallest absolute Gasteiger partial charge is 0.416 e. The zero-order valence-corrected chi connectivity index (χ0v) is 58.5. The highest BCUT2D eigenvalue weighted by atomic mass is 35.5. The summed E-state index contributed by atoms with van der Waals surface area (Å²) in [6.07, 6.45) is -38.8. The first-order chi connectivity index (χ1) is 55.0. The molecular formula is C80H36ClF24N5O8. The van der Waals surface area contributed by atoms with Crippen molar-refractivity contribution < 1.29 is 143 Å². The molecule has 8 aromatic carbocycles.